The van der Waals surface area contributed by atoms with Gasteiger partial charge in [-0.1, -0.05) is 0 Å². The molecule has 0 bridgehead atoms. The molecule has 0 amide bonds. The van der Waals surface area contributed by atoms with Gasteiger partial charge >= 0.3 is 0 Å². The van der Waals surface area contributed by atoms with E-state index in [1.807, 2.05) is 38.0 Å². The number of methoxy groups -OCH3 is 1. The summed E-state index contributed by atoms with van der Waals surface area (Å²) in [5.41, 5.74) is -0.225. The minimum atomic E-state index is -0.225. The van der Waals surface area contributed by atoms with Crippen molar-refractivity contribution >= 4 is 5.96 Å². The molecule has 1 aliphatic heterocycles. The van der Waals surface area contributed by atoms with Gasteiger partial charge in [0.25, 0.3) is 0 Å². The molecule has 1 aliphatic rings. The van der Waals surface area contributed by atoms with Gasteiger partial charge in [0.1, 0.15) is 5.60 Å². The van der Waals surface area contributed by atoms with Crippen molar-refractivity contribution in [2.75, 3.05) is 55.1 Å². The number of nitrogens with zero attached hydrogens (tertiary/aromatic N) is 3. The molecule has 0 N–H and O–H groups in total. The maximum Gasteiger partial charge on any atom is 0.195 e. The quantitative estimate of drug-likeness (QED) is 0.514. The highest BCUT2D eigenvalue weighted by Crippen LogP contribution is 2.22. The monoisotopic (exact) mass is 229 g/mol. The largest absolute Gasteiger partial charge is 0.378 e. The fourth-order valence-electron chi connectivity index (χ4n) is 1.84. The number of hydrogen-bond acceptors (Lipinski definition) is 3. The molecule has 94 valence electrons. The average Bonchev–Trinajstić information content (AvgIpc) is 2.66. The third-order valence-electron chi connectivity index (χ3n) is 2.81. The van der Waals surface area contributed by atoms with Crippen molar-refractivity contribution in [2.45, 2.75) is 12.0 Å². The fourth-order valence-corrected chi connectivity index (χ4v) is 1.84. The number of guanidine groups is 1. The molecule has 1 heterocycles. The summed E-state index contributed by atoms with van der Waals surface area (Å²) < 4.78 is 10.9. The normalized spacial score (nSPS) is 24.3. The highest BCUT2D eigenvalue weighted by Gasteiger charge is 2.34. The summed E-state index contributed by atoms with van der Waals surface area (Å²) in [4.78, 5) is 8.61. The van der Waals surface area contributed by atoms with E-state index in [0.717, 1.165) is 19.0 Å². The lowest BCUT2D eigenvalue weighted by molar-refractivity contribution is -0.00929. The number of rotatable bonds is 3. The first kappa shape index (κ1) is 13.3. The van der Waals surface area contributed by atoms with Gasteiger partial charge in [0.2, 0.25) is 0 Å². The third kappa shape index (κ3) is 3.09. The molecule has 0 radical (unpaired) electrons. The smallest absolute Gasteiger partial charge is 0.195 e. The molecule has 1 fully saturated rings. The van der Waals surface area contributed by atoms with Crippen molar-refractivity contribution in [1.82, 2.24) is 9.80 Å². The zero-order chi connectivity index (χ0) is 12.2. The maximum atomic E-state index is 5.54. The molecule has 16 heavy (non-hydrogen) atoms. The zero-order valence-corrected chi connectivity index (χ0v) is 11.0. The summed E-state index contributed by atoms with van der Waals surface area (Å²) in [5.74, 6) is 0.948. The van der Waals surface area contributed by atoms with Crippen LogP contribution in [0.3, 0.4) is 0 Å². The summed E-state index contributed by atoms with van der Waals surface area (Å²) >= 11 is 0. The van der Waals surface area contributed by atoms with E-state index in [9.17, 15) is 0 Å². The molecule has 5 nitrogen and oxygen atoms in total. The van der Waals surface area contributed by atoms with Crippen LogP contribution >= 0.6 is 0 Å². The average molecular weight is 229 g/mol. The van der Waals surface area contributed by atoms with Crippen LogP contribution in [0.5, 0.6) is 0 Å². The lowest BCUT2D eigenvalue weighted by Crippen LogP contribution is -2.40. The van der Waals surface area contributed by atoms with E-state index >= 15 is 0 Å². The zero-order valence-electron chi connectivity index (χ0n) is 11.0. The van der Waals surface area contributed by atoms with Gasteiger partial charge in [0.15, 0.2) is 5.96 Å². The molecule has 0 aliphatic carbocycles. The van der Waals surface area contributed by atoms with E-state index in [-0.39, 0.29) is 5.60 Å². The van der Waals surface area contributed by atoms with Crippen LogP contribution in [0.2, 0.25) is 0 Å². The maximum absolute atomic E-state index is 5.54. The molecule has 1 atom stereocenters. The van der Waals surface area contributed by atoms with Gasteiger partial charge < -0.3 is 19.3 Å². The van der Waals surface area contributed by atoms with E-state index in [2.05, 4.69) is 4.99 Å². The molecule has 1 saturated heterocycles. The topological polar surface area (TPSA) is 37.3 Å². The van der Waals surface area contributed by atoms with Crippen molar-refractivity contribution in [3.05, 3.63) is 0 Å². The van der Waals surface area contributed by atoms with Crippen molar-refractivity contribution in [2.24, 2.45) is 4.99 Å². The molecule has 1 unspecified atom stereocenters. The van der Waals surface area contributed by atoms with Crippen LogP contribution in [-0.2, 0) is 9.47 Å². The van der Waals surface area contributed by atoms with E-state index in [1.165, 1.54) is 0 Å². The molecule has 0 aromatic heterocycles. The summed E-state index contributed by atoms with van der Waals surface area (Å²) in [7, 11) is 9.69. The first-order chi connectivity index (χ1) is 7.51. The van der Waals surface area contributed by atoms with Crippen molar-refractivity contribution in [3.63, 3.8) is 0 Å². The molecular formula is C11H23N3O2. The molecule has 5 heteroatoms. The second kappa shape index (κ2) is 5.50. The van der Waals surface area contributed by atoms with Gasteiger partial charge in [-0.3, -0.25) is 0 Å². The number of aliphatic imine (C=N–C) groups is 1. The van der Waals surface area contributed by atoms with Crippen LogP contribution in [0.25, 0.3) is 0 Å². The Labute approximate surface area is 98.0 Å². The summed E-state index contributed by atoms with van der Waals surface area (Å²) in [5, 5.41) is 0. The molecule has 1 rings (SSSR count). The summed E-state index contributed by atoms with van der Waals surface area (Å²) in [6, 6.07) is 0. The van der Waals surface area contributed by atoms with Crippen molar-refractivity contribution < 1.29 is 9.47 Å². The van der Waals surface area contributed by atoms with Crippen LogP contribution in [0.15, 0.2) is 4.99 Å². The van der Waals surface area contributed by atoms with Gasteiger partial charge in [0, 0.05) is 48.3 Å². The van der Waals surface area contributed by atoms with Crippen LogP contribution < -0.4 is 0 Å². The Morgan fingerprint density at radius 1 is 1.31 bits per heavy atom. The fraction of sp³-hybridized carbons (Fsp3) is 0.909. The standard InChI is InChI=1S/C11H23N3O2/c1-13(2)10(14(3)4)12-8-11(15-5)6-7-16-9-11/h6-9H2,1-5H3. The van der Waals surface area contributed by atoms with E-state index < -0.39 is 0 Å². The van der Waals surface area contributed by atoms with Gasteiger partial charge in [-0.25, -0.2) is 4.99 Å². The second-order valence-electron chi connectivity index (χ2n) is 4.59. The highest BCUT2D eigenvalue weighted by atomic mass is 16.5. The van der Waals surface area contributed by atoms with Crippen LogP contribution in [-0.4, -0.2) is 76.4 Å². The number of ether oxygens (including phenoxy) is 2. The van der Waals surface area contributed by atoms with Crippen molar-refractivity contribution in [3.8, 4) is 0 Å². The Hall–Kier alpha value is -0.810. The van der Waals surface area contributed by atoms with E-state index in [1.54, 1.807) is 7.11 Å². The minimum absolute atomic E-state index is 0.225. The molecule has 0 aromatic rings. The lowest BCUT2D eigenvalue weighted by atomic mass is 10.0. The molecule has 0 spiro atoms. The molecular weight excluding hydrogens is 206 g/mol. The highest BCUT2D eigenvalue weighted by molar-refractivity contribution is 5.79. The molecule has 0 aromatic carbocycles. The lowest BCUT2D eigenvalue weighted by Gasteiger charge is -2.27. The second-order valence-corrected chi connectivity index (χ2v) is 4.59. The Balaban J connectivity index is 2.67. The predicted octanol–water partition coefficient (Wildman–Crippen LogP) is 0.271. The Kier molecular flexibility index (Phi) is 4.56. The SMILES string of the molecule is COC1(CN=C(N(C)C)N(C)C)CCOC1. The van der Waals surface area contributed by atoms with Crippen LogP contribution in [0, 0.1) is 0 Å². The Bertz CT molecular complexity index is 236. The van der Waals surface area contributed by atoms with Crippen molar-refractivity contribution in [1.29, 1.82) is 0 Å². The van der Waals surface area contributed by atoms with Gasteiger partial charge in [-0.2, -0.15) is 0 Å². The van der Waals surface area contributed by atoms with E-state index in [0.29, 0.717) is 13.2 Å². The van der Waals surface area contributed by atoms with Gasteiger partial charge in [-0.05, 0) is 0 Å². The predicted molar refractivity (Wildman–Crippen MR) is 64.9 cm³/mol. The minimum Gasteiger partial charge on any atom is -0.378 e. The first-order valence-electron chi connectivity index (χ1n) is 5.53. The van der Waals surface area contributed by atoms with E-state index in [4.69, 9.17) is 9.47 Å². The Morgan fingerprint density at radius 2 is 1.94 bits per heavy atom. The van der Waals surface area contributed by atoms with Crippen LogP contribution in [0.1, 0.15) is 6.42 Å². The summed E-state index contributed by atoms with van der Waals surface area (Å²) in [6.07, 6.45) is 0.918. The number of hydrogen-bond donors (Lipinski definition) is 0. The third-order valence-corrected chi connectivity index (χ3v) is 2.81. The molecule has 0 saturated carbocycles. The van der Waals surface area contributed by atoms with Gasteiger partial charge in [-0.15, -0.1) is 0 Å². The summed E-state index contributed by atoms with van der Waals surface area (Å²) in [6.45, 7) is 2.05. The van der Waals surface area contributed by atoms with Crippen LogP contribution in [0.4, 0.5) is 0 Å². The van der Waals surface area contributed by atoms with Gasteiger partial charge in [0.05, 0.1) is 13.2 Å². The Morgan fingerprint density at radius 3 is 2.31 bits per heavy atom. The first-order valence-corrected chi connectivity index (χ1v) is 5.53.